The predicted molar refractivity (Wildman–Crippen MR) is 47.7 cm³/mol. The molecule has 0 amide bonds. The summed E-state index contributed by atoms with van der Waals surface area (Å²) >= 11 is 0. The third-order valence-electron chi connectivity index (χ3n) is 2.22. The minimum Gasteiger partial charge on any atom is -0.350 e. The van der Waals surface area contributed by atoms with E-state index in [0.29, 0.717) is 5.76 Å². The summed E-state index contributed by atoms with van der Waals surface area (Å²) in [5.41, 5.74) is 2.59. The number of hydrogen-bond acceptors (Lipinski definition) is 3. The molecule has 0 radical (unpaired) electrons. The largest absolute Gasteiger partial charge is 0.350 e. The third-order valence-corrected chi connectivity index (χ3v) is 2.22. The standard InChI is InChI=1S/C9H10N2O2/c1-5-4-7-8(11(5)3)9(6(2)12)13-10-7/h4H,1-3H3. The van der Waals surface area contributed by atoms with Gasteiger partial charge in [0.05, 0.1) is 0 Å². The topological polar surface area (TPSA) is 48.0 Å². The van der Waals surface area contributed by atoms with Crippen molar-refractivity contribution in [3.63, 3.8) is 0 Å². The van der Waals surface area contributed by atoms with Crippen LogP contribution in [0.3, 0.4) is 0 Å². The smallest absolute Gasteiger partial charge is 0.226 e. The van der Waals surface area contributed by atoms with E-state index in [9.17, 15) is 4.79 Å². The maximum atomic E-state index is 11.1. The van der Waals surface area contributed by atoms with Gasteiger partial charge in [-0.15, -0.1) is 0 Å². The Balaban J connectivity index is 2.85. The van der Waals surface area contributed by atoms with Crippen molar-refractivity contribution >= 4 is 16.8 Å². The Morgan fingerprint density at radius 2 is 2.31 bits per heavy atom. The van der Waals surface area contributed by atoms with E-state index in [1.807, 2.05) is 24.6 Å². The van der Waals surface area contributed by atoms with Gasteiger partial charge in [0.1, 0.15) is 11.0 Å². The highest BCUT2D eigenvalue weighted by Gasteiger charge is 2.16. The lowest BCUT2D eigenvalue weighted by molar-refractivity contribution is 0.0980. The first kappa shape index (κ1) is 8.04. The number of carbonyl (C=O) groups is 1. The average molecular weight is 178 g/mol. The number of ketones is 1. The molecule has 0 aliphatic carbocycles. The molecular formula is C9H10N2O2. The van der Waals surface area contributed by atoms with Crippen molar-refractivity contribution in [3.05, 3.63) is 17.5 Å². The molecule has 68 valence electrons. The molecule has 0 bridgehead atoms. The van der Waals surface area contributed by atoms with Crippen LogP contribution in [-0.4, -0.2) is 15.5 Å². The first-order valence-corrected chi connectivity index (χ1v) is 4.04. The Kier molecular flexibility index (Phi) is 1.52. The molecule has 0 atom stereocenters. The zero-order chi connectivity index (χ0) is 9.59. The van der Waals surface area contributed by atoms with Gasteiger partial charge < -0.3 is 9.09 Å². The van der Waals surface area contributed by atoms with E-state index >= 15 is 0 Å². The Morgan fingerprint density at radius 1 is 1.62 bits per heavy atom. The fourth-order valence-corrected chi connectivity index (χ4v) is 1.42. The van der Waals surface area contributed by atoms with Crippen molar-refractivity contribution in [1.29, 1.82) is 0 Å². The number of rotatable bonds is 1. The molecule has 2 heterocycles. The minimum absolute atomic E-state index is 0.0938. The van der Waals surface area contributed by atoms with Gasteiger partial charge in [-0.05, 0) is 13.0 Å². The van der Waals surface area contributed by atoms with Gasteiger partial charge in [-0.1, -0.05) is 5.16 Å². The highest BCUT2D eigenvalue weighted by molar-refractivity contribution is 6.02. The summed E-state index contributed by atoms with van der Waals surface area (Å²) in [5.74, 6) is 0.245. The van der Waals surface area contributed by atoms with Crippen LogP contribution in [0.5, 0.6) is 0 Å². The van der Waals surface area contributed by atoms with Crippen LogP contribution >= 0.6 is 0 Å². The number of fused-ring (bicyclic) bond motifs is 1. The lowest BCUT2D eigenvalue weighted by Crippen LogP contribution is -1.96. The van der Waals surface area contributed by atoms with E-state index in [1.54, 1.807) is 0 Å². The van der Waals surface area contributed by atoms with E-state index in [0.717, 1.165) is 16.7 Å². The van der Waals surface area contributed by atoms with Crippen LogP contribution in [-0.2, 0) is 7.05 Å². The van der Waals surface area contributed by atoms with Gasteiger partial charge in [0.25, 0.3) is 0 Å². The van der Waals surface area contributed by atoms with Crippen LogP contribution in [0.2, 0.25) is 0 Å². The molecule has 0 saturated heterocycles. The normalized spacial score (nSPS) is 11.0. The fraction of sp³-hybridized carbons (Fsp3) is 0.333. The summed E-state index contributed by atoms with van der Waals surface area (Å²) in [4.78, 5) is 11.1. The second-order valence-electron chi connectivity index (χ2n) is 3.15. The molecule has 4 heteroatoms. The molecular weight excluding hydrogens is 168 g/mol. The number of aromatic nitrogens is 2. The molecule has 0 aromatic carbocycles. The number of nitrogens with zero attached hydrogens (tertiary/aromatic N) is 2. The minimum atomic E-state index is -0.0938. The van der Waals surface area contributed by atoms with E-state index in [4.69, 9.17) is 4.52 Å². The van der Waals surface area contributed by atoms with Crippen molar-refractivity contribution in [1.82, 2.24) is 9.72 Å². The number of carbonyl (C=O) groups excluding carboxylic acids is 1. The third kappa shape index (κ3) is 0.983. The number of hydrogen-bond donors (Lipinski definition) is 0. The molecule has 0 fully saturated rings. The summed E-state index contributed by atoms with van der Waals surface area (Å²) in [5, 5.41) is 3.80. The Hall–Kier alpha value is -1.58. The highest BCUT2D eigenvalue weighted by atomic mass is 16.5. The first-order chi connectivity index (χ1) is 6.11. The van der Waals surface area contributed by atoms with Gasteiger partial charge >= 0.3 is 0 Å². The summed E-state index contributed by atoms with van der Waals surface area (Å²) in [6, 6.07) is 1.89. The SMILES string of the molecule is CC(=O)c1onc2cc(C)n(C)c12. The van der Waals surface area contributed by atoms with Crippen LogP contribution in [0.25, 0.3) is 11.0 Å². The van der Waals surface area contributed by atoms with Crippen LogP contribution in [0.4, 0.5) is 0 Å². The van der Waals surface area contributed by atoms with Crippen LogP contribution < -0.4 is 0 Å². The van der Waals surface area contributed by atoms with Crippen molar-refractivity contribution in [2.75, 3.05) is 0 Å². The van der Waals surface area contributed by atoms with Gasteiger partial charge in [0.2, 0.25) is 5.76 Å². The van der Waals surface area contributed by atoms with E-state index in [1.165, 1.54) is 6.92 Å². The van der Waals surface area contributed by atoms with Gasteiger partial charge in [0.15, 0.2) is 5.78 Å². The molecule has 0 aliphatic heterocycles. The van der Waals surface area contributed by atoms with Crippen molar-refractivity contribution < 1.29 is 9.32 Å². The molecule has 13 heavy (non-hydrogen) atoms. The van der Waals surface area contributed by atoms with E-state index < -0.39 is 0 Å². The van der Waals surface area contributed by atoms with Crippen molar-refractivity contribution in [2.45, 2.75) is 13.8 Å². The molecule has 0 saturated carbocycles. The summed E-state index contributed by atoms with van der Waals surface area (Å²) in [7, 11) is 1.89. The average Bonchev–Trinajstić information content (AvgIpc) is 2.55. The molecule has 0 aliphatic rings. The Bertz CT molecular complexity index is 479. The Morgan fingerprint density at radius 3 is 2.92 bits per heavy atom. The summed E-state index contributed by atoms with van der Waals surface area (Å²) < 4.78 is 6.84. The molecule has 0 N–H and O–H groups in total. The predicted octanol–water partition coefficient (Wildman–Crippen LogP) is 1.68. The van der Waals surface area contributed by atoms with Crippen LogP contribution in [0.1, 0.15) is 23.2 Å². The van der Waals surface area contributed by atoms with Gasteiger partial charge in [-0.2, -0.15) is 0 Å². The van der Waals surface area contributed by atoms with Crippen molar-refractivity contribution in [3.8, 4) is 0 Å². The van der Waals surface area contributed by atoms with E-state index in [-0.39, 0.29) is 5.78 Å². The molecule has 2 aromatic rings. The molecule has 2 aromatic heterocycles. The highest BCUT2D eigenvalue weighted by Crippen LogP contribution is 2.21. The molecule has 4 nitrogen and oxygen atoms in total. The Labute approximate surface area is 75.1 Å². The van der Waals surface area contributed by atoms with Crippen LogP contribution in [0, 0.1) is 6.92 Å². The zero-order valence-corrected chi connectivity index (χ0v) is 7.79. The quantitative estimate of drug-likeness (QED) is 0.624. The molecule has 0 unspecified atom stereocenters. The van der Waals surface area contributed by atoms with Gasteiger partial charge in [-0.3, -0.25) is 4.79 Å². The zero-order valence-electron chi connectivity index (χ0n) is 7.79. The van der Waals surface area contributed by atoms with Crippen LogP contribution in [0.15, 0.2) is 10.6 Å². The van der Waals surface area contributed by atoms with Gasteiger partial charge in [0, 0.05) is 19.7 Å². The first-order valence-electron chi connectivity index (χ1n) is 4.04. The van der Waals surface area contributed by atoms with Gasteiger partial charge in [-0.25, -0.2) is 0 Å². The maximum Gasteiger partial charge on any atom is 0.226 e. The lowest BCUT2D eigenvalue weighted by Gasteiger charge is -1.96. The maximum absolute atomic E-state index is 11.1. The van der Waals surface area contributed by atoms with E-state index in [2.05, 4.69) is 5.16 Å². The lowest BCUT2D eigenvalue weighted by atomic mass is 10.3. The molecule has 2 rings (SSSR count). The monoisotopic (exact) mass is 178 g/mol. The summed E-state index contributed by atoms with van der Waals surface area (Å²) in [6.45, 7) is 3.44. The van der Waals surface area contributed by atoms with Crippen molar-refractivity contribution in [2.24, 2.45) is 7.05 Å². The second-order valence-corrected chi connectivity index (χ2v) is 3.15. The number of aryl methyl sites for hydroxylation is 2. The number of Topliss-reactive ketones (excluding diaryl/α,β-unsaturated/α-hetero) is 1. The second kappa shape index (κ2) is 2.45. The summed E-state index contributed by atoms with van der Waals surface area (Å²) in [6.07, 6.45) is 0. The fourth-order valence-electron chi connectivity index (χ4n) is 1.42. The molecule has 0 spiro atoms.